The van der Waals surface area contributed by atoms with Crippen molar-refractivity contribution >= 4 is 6.29 Å². The molecule has 0 spiro atoms. The molecule has 28 heavy (non-hydrogen) atoms. The largest absolute Gasteiger partial charge is 0.299 e. The van der Waals surface area contributed by atoms with E-state index < -0.39 is 0 Å². The van der Waals surface area contributed by atoms with Gasteiger partial charge in [0.1, 0.15) is 6.29 Å². The van der Waals surface area contributed by atoms with E-state index in [9.17, 15) is 4.79 Å². The number of carbonyl (C=O) groups excluding carboxylic acids is 1. The highest BCUT2D eigenvalue weighted by molar-refractivity contribution is 5.65. The summed E-state index contributed by atoms with van der Waals surface area (Å²) < 4.78 is 0. The van der Waals surface area contributed by atoms with Crippen molar-refractivity contribution in [1.29, 1.82) is 0 Å². The summed E-state index contributed by atoms with van der Waals surface area (Å²) in [6.45, 7) is 13.0. The first-order chi connectivity index (χ1) is 13.3. The van der Waals surface area contributed by atoms with Crippen LogP contribution in [-0.2, 0) is 4.79 Å². The van der Waals surface area contributed by atoms with E-state index in [-0.39, 0.29) is 0 Å². The van der Waals surface area contributed by atoms with Gasteiger partial charge in [0.2, 0.25) is 0 Å². The van der Waals surface area contributed by atoms with Crippen molar-refractivity contribution in [2.45, 2.75) is 80.1 Å². The number of hydrogen-bond acceptors (Lipinski definition) is 1. The molecule has 0 fully saturated rings. The second kappa shape index (κ2) is 17.0. The third-order valence-corrected chi connectivity index (χ3v) is 4.44. The first-order valence-corrected chi connectivity index (χ1v) is 10.4. The molecular formula is C27H40O. The van der Waals surface area contributed by atoms with Crippen LogP contribution in [0.25, 0.3) is 0 Å². The molecule has 1 heteroatoms. The Labute approximate surface area is 174 Å². The highest BCUT2D eigenvalue weighted by Gasteiger charge is 1.93. The van der Waals surface area contributed by atoms with Crippen molar-refractivity contribution in [2.24, 2.45) is 0 Å². The maximum absolute atomic E-state index is 10.3. The molecule has 0 radical (unpaired) electrons. The predicted molar refractivity (Wildman–Crippen MR) is 127 cm³/mol. The van der Waals surface area contributed by atoms with E-state index >= 15 is 0 Å². The molecule has 0 aliphatic carbocycles. The summed E-state index contributed by atoms with van der Waals surface area (Å²) in [5, 5.41) is 0. The van der Waals surface area contributed by atoms with Gasteiger partial charge in [-0.25, -0.2) is 0 Å². The summed E-state index contributed by atoms with van der Waals surface area (Å²) >= 11 is 0. The molecule has 0 unspecified atom stereocenters. The van der Waals surface area contributed by atoms with Crippen LogP contribution in [0.5, 0.6) is 0 Å². The zero-order valence-corrected chi connectivity index (χ0v) is 18.9. The van der Waals surface area contributed by atoms with Crippen LogP contribution in [0.1, 0.15) is 80.1 Å². The second-order valence-electron chi connectivity index (χ2n) is 7.80. The third kappa shape index (κ3) is 17.3. The smallest absolute Gasteiger partial charge is 0.142 e. The Morgan fingerprint density at radius 1 is 0.607 bits per heavy atom. The van der Waals surface area contributed by atoms with Gasteiger partial charge in [-0.3, -0.25) is 4.79 Å². The Bertz CT molecular complexity index is 656. The van der Waals surface area contributed by atoms with Gasteiger partial charge in [0.15, 0.2) is 0 Å². The van der Waals surface area contributed by atoms with E-state index in [1.54, 1.807) is 6.08 Å². The van der Waals surface area contributed by atoms with Crippen molar-refractivity contribution in [3.63, 3.8) is 0 Å². The normalized spacial score (nSPS) is 14.2. The quantitative estimate of drug-likeness (QED) is 0.136. The fraction of sp³-hybridized carbons (Fsp3) is 0.444. The molecule has 0 bridgehead atoms. The molecule has 0 aliphatic rings. The maximum Gasteiger partial charge on any atom is 0.142 e. The average Bonchev–Trinajstić information content (AvgIpc) is 2.63. The molecule has 0 aromatic carbocycles. The van der Waals surface area contributed by atoms with Crippen LogP contribution in [0.15, 0.2) is 82.5 Å². The first-order valence-electron chi connectivity index (χ1n) is 10.4. The minimum atomic E-state index is 0.796. The van der Waals surface area contributed by atoms with E-state index in [4.69, 9.17) is 0 Å². The lowest BCUT2D eigenvalue weighted by Gasteiger charge is -2.02. The maximum atomic E-state index is 10.3. The van der Waals surface area contributed by atoms with Crippen molar-refractivity contribution in [3.8, 4) is 0 Å². The number of rotatable bonds is 13. The number of aldehydes is 1. The highest BCUT2D eigenvalue weighted by Crippen LogP contribution is 2.13. The van der Waals surface area contributed by atoms with Gasteiger partial charge < -0.3 is 0 Å². The van der Waals surface area contributed by atoms with Crippen LogP contribution >= 0.6 is 0 Å². The van der Waals surface area contributed by atoms with Crippen molar-refractivity contribution in [2.75, 3.05) is 0 Å². The number of hydrogen-bond donors (Lipinski definition) is 0. The molecule has 0 aliphatic heterocycles. The Morgan fingerprint density at radius 3 is 1.64 bits per heavy atom. The lowest BCUT2D eigenvalue weighted by atomic mass is 10.0. The van der Waals surface area contributed by atoms with Crippen LogP contribution < -0.4 is 0 Å². The van der Waals surface area contributed by atoms with Crippen molar-refractivity contribution in [1.82, 2.24) is 0 Å². The molecule has 0 amide bonds. The Kier molecular flexibility index (Phi) is 15.7. The summed E-state index contributed by atoms with van der Waals surface area (Å²) in [4.78, 5) is 10.3. The summed E-state index contributed by atoms with van der Waals surface area (Å²) in [7, 11) is 0. The van der Waals surface area contributed by atoms with Crippen LogP contribution in [0.4, 0.5) is 0 Å². The van der Waals surface area contributed by atoms with Gasteiger partial charge in [-0.15, -0.1) is 0 Å². The molecule has 0 aromatic rings. The van der Waals surface area contributed by atoms with Crippen molar-refractivity contribution in [3.05, 3.63) is 82.5 Å². The predicted octanol–water partition coefficient (Wildman–Crippen LogP) is 8.39. The third-order valence-electron chi connectivity index (χ3n) is 4.44. The molecule has 1 nitrogen and oxygen atoms in total. The van der Waals surface area contributed by atoms with Gasteiger partial charge in [-0.1, -0.05) is 76.5 Å². The average molecular weight is 381 g/mol. The van der Waals surface area contributed by atoms with Gasteiger partial charge in [-0.05, 0) is 86.1 Å². The Hall–Kier alpha value is -2.15. The molecule has 0 N–H and O–H groups in total. The number of carbonyl (C=O) groups is 1. The van der Waals surface area contributed by atoms with Crippen molar-refractivity contribution < 1.29 is 4.79 Å². The second-order valence-corrected chi connectivity index (χ2v) is 7.80. The standard InChI is InChI=1S/C27H40O/c1-23(2)13-9-16-26(5)18-11-20-27(6)19-10-17-24(3)14-7-8-15-25(4)21-12-22-28/h7-8,12-15,18-19,21-22H,9-11,16-17,20H2,1-6H3/b8-7+,21-12+,24-14+,25-15+,26-18+,27-19+. The monoisotopic (exact) mass is 380 g/mol. The topological polar surface area (TPSA) is 17.1 Å². The molecule has 154 valence electrons. The molecule has 0 heterocycles. The van der Waals surface area contributed by atoms with Gasteiger partial charge in [0.05, 0.1) is 0 Å². The number of allylic oxidation sites excluding steroid dienone is 14. The minimum absolute atomic E-state index is 0.796. The van der Waals surface area contributed by atoms with E-state index in [2.05, 4.69) is 65.0 Å². The SMILES string of the molecule is CC(C)=CCC/C(C)=C/CC/C(C)=C/CC/C(C)=C/C=C/C=C(C)/C=C/C=O. The van der Waals surface area contributed by atoms with Gasteiger partial charge in [-0.2, -0.15) is 0 Å². The van der Waals surface area contributed by atoms with Crippen LogP contribution in [-0.4, -0.2) is 6.29 Å². The summed E-state index contributed by atoms with van der Waals surface area (Å²) in [6.07, 6.45) is 26.3. The van der Waals surface area contributed by atoms with Gasteiger partial charge in [0.25, 0.3) is 0 Å². The highest BCUT2D eigenvalue weighted by atomic mass is 16.1. The lowest BCUT2D eigenvalue weighted by Crippen LogP contribution is -1.82. The zero-order valence-electron chi connectivity index (χ0n) is 18.9. The summed E-state index contributed by atoms with van der Waals surface area (Å²) in [6, 6.07) is 0. The van der Waals surface area contributed by atoms with Crippen LogP contribution in [0.3, 0.4) is 0 Å². The molecule has 0 atom stereocenters. The van der Waals surface area contributed by atoms with Crippen LogP contribution in [0.2, 0.25) is 0 Å². The van der Waals surface area contributed by atoms with E-state index in [0.717, 1.165) is 44.0 Å². The van der Waals surface area contributed by atoms with Gasteiger partial charge >= 0.3 is 0 Å². The van der Waals surface area contributed by atoms with E-state index in [1.807, 2.05) is 19.1 Å². The zero-order chi connectivity index (χ0) is 21.2. The minimum Gasteiger partial charge on any atom is -0.299 e. The fourth-order valence-corrected chi connectivity index (χ4v) is 2.64. The summed E-state index contributed by atoms with van der Waals surface area (Å²) in [5.74, 6) is 0. The lowest BCUT2D eigenvalue weighted by molar-refractivity contribution is -0.104. The Balaban J connectivity index is 4.20. The van der Waals surface area contributed by atoms with Crippen LogP contribution in [0, 0.1) is 0 Å². The molecule has 0 rings (SSSR count). The summed E-state index contributed by atoms with van der Waals surface area (Å²) in [5.41, 5.74) is 6.84. The Morgan fingerprint density at radius 2 is 1.11 bits per heavy atom. The van der Waals surface area contributed by atoms with Gasteiger partial charge in [0, 0.05) is 0 Å². The molecular weight excluding hydrogens is 340 g/mol. The van der Waals surface area contributed by atoms with E-state index in [0.29, 0.717) is 0 Å². The molecule has 0 saturated heterocycles. The fourth-order valence-electron chi connectivity index (χ4n) is 2.64. The molecule has 0 saturated carbocycles. The van der Waals surface area contributed by atoms with E-state index in [1.165, 1.54) is 34.8 Å². The first kappa shape index (κ1) is 25.9. The molecule has 0 aromatic heterocycles.